The number of benzene rings is 1. The summed E-state index contributed by atoms with van der Waals surface area (Å²) in [6, 6.07) is 7.26. The van der Waals surface area contributed by atoms with Gasteiger partial charge in [-0.25, -0.2) is 0 Å². The van der Waals surface area contributed by atoms with Gasteiger partial charge in [-0.1, -0.05) is 58.9 Å². The lowest BCUT2D eigenvalue weighted by Gasteiger charge is -2.34. The van der Waals surface area contributed by atoms with Crippen LogP contribution in [0.5, 0.6) is 0 Å². The minimum atomic E-state index is -1.17. The second-order valence-corrected chi connectivity index (χ2v) is 8.87. The summed E-state index contributed by atoms with van der Waals surface area (Å²) in [5.74, 6) is -0.807. The number of carbonyl (C=O) groups excluding carboxylic acids is 2. The molecule has 2 atom stereocenters. The molecule has 0 bridgehead atoms. The molecule has 1 amide bonds. The fourth-order valence-electron chi connectivity index (χ4n) is 2.95. The molecule has 0 saturated carbocycles. The molecule has 0 aliphatic carbocycles. The molecule has 132 valence electrons. The van der Waals surface area contributed by atoms with Gasteiger partial charge in [0.1, 0.15) is 5.37 Å². The van der Waals surface area contributed by atoms with E-state index in [1.165, 1.54) is 22.2 Å². The summed E-state index contributed by atoms with van der Waals surface area (Å²) < 4.78 is 0. The van der Waals surface area contributed by atoms with Crippen molar-refractivity contribution in [1.82, 2.24) is 4.90 Å². The minimum Gasteiger partial charge on any atom is -0.548 e. The summed E-state index contributed by atoms with van der Waals surface area (Å²) >= 11 is 1.48. The number of carboxylic acid groups (broad SMARTS) is 1. The highest BCUT2D eigenvalue weighted by atomic mass is 32.2. The van der Waals surface area contributed by atoms with Crippen LogP contribution in [0, 0.1) is 5.92 Å². The first kappa shape index (κ1) is 18.8. The van der Waals surface area contributed by atoms with Gasteiger partial charge in [0.25, 0.3) is 0 Å². The largest absolute Gasteiger partial charge is 0.548 e. The standard InChI is InChI=1S/C19H27NO3S/c1-12(2)10-15(18(22)23)20-16(21)11-24-17(20)13-6-8-14(9-7-13)19(3,4)5/h6-9,12,15,17H,10-11H2,1-5H3,(H,22,23)/p-1/t15-,17-/m0/s1. The van der Waals surface area contributed by atoms with Crippen LogP contribution in [0.1, 0.15) is 57.5 Å². The fraction of sp³-hybridized carbons (Fsp3) is 0.579. The van der Waals surface area contributed by atoms with Crippen LogP contribution in [-0.4, -0.2) is 28.6 Å². The number of carboxylic acids is 1. The van der Waals surface area contributed by atoms with E-state index < -0.39 is 12.0 Å². The maximum absolute atomic E-state index is 12.3. The lowest BCUT2D eigenvalue weighted by atomic mass is 9.86. The normalized spacial score (nSPS) is 19.8. The lowest BCUT2D eigenvalue weighted by molar-refractivity contribution is -0.312. The Labute approximate surface area is 148 Å². The van der Waals surface area contributed by atoms with Gasteiger partial charge >= 0.3 is 0 Å². The number of aliphatic carboxylic acids is 1. The summed E-state index contributed by atoms with van der Waals surface area (Å²) in [6.07, 6.45) is 0.408. The van der Waals surface area contributed by atoms with E-state index >= 15 is 0 Å². The van der Waals surface area contributed by atoms with E-state index in [1.54, 1.807) is 0 Å². The average Bonchev–Trinajstić information content (AvgIpc) is 2.85. The number of amides is 1. The van der Waals surface area contributed by atoms with Crippen LogP contribution < -0.4 is 5.11 Å². The van der Waals surface area contributed by atoms with E-state index in [4.69, 9.17) is 0 Å². The molecule has 0 radical (unpaired) electrons. The first-order valence-corrected chi connectivity index (χ1v) is 9.40. The molecule has 1 aliphatic rings. The molecular weight excluding hydrogens is 322 g/mol. The van der Waals surface area contributed by atoms with Crippen molar-refractivity contribution in [2.45, 2.75) is 57.9 Å². The predicted molar refractivity (Wildman–Crippen MR) is 95.4 cm³/mol. The molecule has 1 fully saturated rings. The Balaban J connectivity index is 2.31. The van der Waals surface area contributed by atoms with E-state index in [1.807, 2.05) is 26.0 Å². The van der Waals surface area contributed by atoms with E-state index in [0.29, 0.717) is 12.2 Å². The summed E-state index contributed by atoms with van der Waals surface area (Å²) in [5, 5.41) is 11.4. The summed E-state index contributed by atoms with van der Waals surface area (Å²) in [5.41, 5.74) is 2.24. The number of hydrogen-bond acceptors (Lipinski definition) is 4. The van der Waals surface area contributed by atoms with Crippen molar-refractivity contribution in [3.63, 3.8) is 0 Å². The van der Waals surface area contributed by atoms with Gasteiger partial charge in [-0.2, -0.15) is 0 Å². The first-order valence-electron chi connectivity index (χ1n) is 8.35. The number of thioether (sulfide) groups is 1. The van der Waals surface area contributed by atoms with Crippen molar-refractivity contribution >= 4 is 23.6 Å². The van der Waals surface area contributed by atoms with Gasteiger partial charge in [-0.15, -0.1) is 11.8 Å². The van der Waals surface area contributed by atoms with Crippen molar-refractivity contribution in [1.29, 1.82) is 0 Å². The van der Waals surface area contributed by atoms with Crippen LogP contribution in [0.3, 0.4) is 0 Å². The van der Waals surface area contributed by atoms with Crippen LogP contribution in [0.2, 0.25) is 0 Å². The number of rotatable bonds is 5. The third-order valence-corrected chi connectivity index (χ3v) is 5.50. The van der Waals surface area contributed by atoms with E-state index in [2.05, 4.69) is 32.9 Å². The highest BCUT2D eigenvalue weighted by Crippen LogP contribution is 2.41. The smallest absolute Gasteiger partial charge is 0.234 e. The quantitative estimate of drug-likeness (QED) is 0.821. The third-order valence-electron chi connectivity index (χ3n) is 4.27. The Morgan fingerprint density at radius 2 is 1.88 bits per heavy atom. The summed E-state index contributed by atoms with van der Waals surface area (Å²) in [4.78, 5) is 25.4. The maximum atomic E-state index is 12.3. The van der Waals surface area contributed by atoms with E-state index in [-0.39, 0.29) is 22.6 Å². The molecule has 4 nitrogen and oxygen atoms in total. The highest BCUT2D eigenvalue weighted by molar-refractivity contribution is 8.00. The Kier molecular flexibility index (Phi) is 5.63. The van der Waals surface area contributed by atoms with Crippen molar-refractivity contribution < 1.29 is 14.7 Å². The molecule has 1 aliphatic heterocycles. The lowest BCUT2D eigenvalue weighted by Crippen LogP contribution is -2.50. The van der Waals surface area contributed by atoms with Gasteiger partial charge in [0.2, 0.25) is 5.91 Å². The molecule has 5 heteroatoms. The Morgan fingerprint density at radius 1 is 1.29 bits per heavy atom. The van der Waals surface area contributed by atoms with Gasteiger partial charge in [0.05, 0.1) is 17.8 Å². The van der Waals surface area contributed by atoms with Gasteiger partial charge in [-0.05, 0) is 28.9 Å². The molecule has 1 saturated heterocycles. The minimum absolute atomic E-state index is 0.0576. The van der Waals surface area contributed by atoms with Crippen LogP contribution in [0.25, 0.3) is 0 Å². The van der Waals surface area contributed by atoms with Crippen molar-refractivity contribution in [3.8, 4) is 0 Å². The Bertz CT molecular complexity index is 604. The maximum Gasteiger partial charge on any atom is 0.234 e. The first-order chi connectivity index (χ1) is 11.1. The molecule has 0 unspecified atom stereocenters. The zero-order valence-electron chi connectivity index (χ0n) is 15.0. The fourth-order valence-corrected chi connectivity index (χ4v) is 4.17. The Morgan fingerprint density at radius 3 is 2.33 bits per heavy atom. The Hall–Kier alpha value is -1.49. The van der Waals surface area contributed by atoms with Gasteiger partial charge in [0, 0.05) is 0 Å². The summed E-state index contributed by atoms with van der Waals surface area (Å²) in [6.45, 7) is 10.4. The van der Waals surface area contributed by atoms with Crippen molar-refractivity contribution in [3.05, 3.63) is 35.4 Å². The zero-order chi connectivity index (χ0) is 18.1. The average molecular weight is 348 g/mol. The second kappa shape index (κ2) is 7.18. The molecular formula is C19H26NO3S-. The monoisotopic (exact) mass is 348 g/mol. The number of hydrogen-bond donors (Lipinski definition) is 0. The third kappa shape index (κ3) is 4.12. The zero-order valence-corrected chi connectivity index (χ0v) is 15.9. The molecule has 1 aromatic rings. The molecule has 0 aromatic heterocycles. The SMILES string of the molecule is CC(C)C[C@@H](C(=O)[O-])N1C(=O)CS[C@H]1c1ccc(C(C)(C)C)cc1. The van der Waals surface area contributed by atoms with Crippen LogP contribution in [0.15, 0.2) is 24.3 Å². The van der Waals surface area contributed by atoms with Crippen LogP contribution >= 0.6 is 11.8 Å². The molecule has 2 rings (SSSR count). The van der Waals surface area contributed by atoms with Gasteiger partial charge in [0.15, 0.2) is 0 Å². The number of nitrogens with zero attached hydrogens (tertiary/aromatic N) is 1. The van der Waals surface area contributed by atoms with Crippen molar-refractivity contribution in [2.75, 3.05) is 5.75 Å². The van der Waals surface area contributed by atoms with E-state index in [9.17, 15) is 14.7 Å². The molecule has 24 heavy (non-hydrogen) atoms. The summed E-state index contributed by atoms with van der Waals surface area (Å²) in [7, 11) is 0. The molecule has 0 spiro atoms. The van der Waals surface area contributed by atoms with Crippen LogP contribution in [-0.2, 0) is 15.0 Å². The van der Waals surface area contributed by atoms with Gasteiger partial charge < -0.3 is 14.8 Å². The molecule has 0 N–H and O–H groups in total. The topological polar surface area (TPSA) is 60.4 Å². The van der Waals surface area contributed by atoms with E-state index in [0.717, 1.165) is 5.56 Å². The predicted octanol–water partition coefficient (Wildman–Crippen LogP) is 2.72. The van der Waals surface area contributed by atoms with Gasteiger partial charge in [-0.3, -0.25) is 4.79 Å². The van der Waals surface area contributed by atoms with Crippen molar-refractivity contribution in [2.24, 2.45) is 5.92 Å². The molecule has 1 aromatic carbocycles. The highest BCUT2D eigenvalue weighted by Gasteiger charge is 2.38. The molecule has 1 heterocycles. The number of carbonyl (C=O) groups is 2. The van der Waals surface area contributed by atoms with Crippen LogP contribution in [0.4, 0.5) is 0 Å². The second-order valence-electron chi connectivity index (χ2n) is 7.80.